The zero-order valence-corrected chi connectivity index (χ0v) is 11.4. The lowest BCUT2D eigenvalue weighted by atomic mass is 10.0. The molecule has 0 atom stereocenters. The second-order valence-electron chi connectivity index (χ2n) is 4.25. The molecule has 6 heteroatoms. The molecule has 2 aromatic rings. The molecule has 0 unspecified atom stereocenters. The van der Waals surface area contributed by atoms with Crippen LogP contribution in [0.25, 0.3) is 0 Å². The fourth-order valence-corrected chi connectivity index (χ4v) is 1.88. The van der Waals surface area contributed by atoms with E-state index in [1.807, 2.05) is 0 Å². The number of ketones is 1. The summed E-state index contributed by atoms with van der Waals surface area (Å²) in [4.78, 5) is 12.3. The summed E-state index contributed by atoms with van der Waals surface area (Å²) >= 11 is 0. The Bertz CT molecular complexity index is 702. The second-order valence-corrected chi connectivity index (χ2v) is 4.25. The van der Waals surface area contributed by atoms with Gasteiger partial charge in [0, 0.05) is 22.9 Å². The molecule has 0 aliphatic carbocycles. The Balaban J connectivity index is 2.50. The van der Waals surface area contributed by atoms with Crippen LogP contribution >= 0.6 is 0 Å². The lowest BCUT2D eigenvalue weighted by molar-refractivity contribution is 0.103. The van der Waals surface area contributed by atoms with Gasteiger partial charge in [0.2, 0.25) is 0 Å². The number of nitrogens with two attached hydrogens (primary N) is 1. The van der Waals surface area contributed by atoms with Crippen molar-refractivity contribution in [3.05, 3.63) is 53.1 Å². The number of hydrogen-bond donors (Lipinski definition) is 1. The summed E-state index contributed by atoms with van der Waals surface area (Å²) in [6.45, 7) is 0. The zero-order chi connectivity index (χ0) is 15.6. The van der Waals surface area contributed by atoms with Gasteiger partial charge in [-0.3, -0.25) is 4.79 Å². The van der Waals surface area contributed by atoms with Crippen LogP contribution in [-0.2, 0) is 0 Å². The lowest BCUT2D eigenvalue weighted by Crippen LogP contribution is -2.07. The fraction of sp³-hybridized carbons (Fsp3) is 0.133. The number of halogens is 2. The largest absolute Gasteiger partial charge is 0.493 e. The van der Waals surface area contributed by atoms with Gasteiger partial charge in [-0.2, -0.15) is 0 Å². The highest BCUT2D eigenvalue weighted by Gasteiger charge is 2.18. The predicted octanol–water partition coefficient (Wildman–Crippen LogP) is 2.80. The molecular weight excluding hydrogens is 280 g/mol. The summed E-state index contributed by atoms with van der Waals surface area (Å²) in [5.41, 5.74) is 6.07. The molecule has 4 nitrogen and oxygen atoms in total. The smallest absolute Gasteiger partial charge is 0.195 e. The number of nitrogen functional groups attached to an aromatic ring is 1. The third-order valence-corrected chi connectivity index (χ3v) is 2.98. The van der Waals surface area contributed by atoms with Crippen molar-refractivity contribution in [2.24, 2.45) is 0 Å². The Morgan fingerprint density at radius 3 is 2.19 bits per heavy atom. The van der Waals surface area contributed by atoms with Crippen molar-refractivity contribution in [2.45, 2.75) is 0 Å². The summed E-state index contributed by atoms with van der Waals surface area (Å²) in [6.07, 6.45) is 0. The quantitative estimate of drug-likeness (QED) is 0.695. The monoisotopic (exact) mass is 293 g/mol. The van der Waals surface area contributed by atoms with Crippen LogP contribution in [0.15, 0.2) is 30.3 Å². The first-order valence-corrected chi connectivity index (χ1v) is 5.99. The van der Waals surface area contributed by atoms with Crippen molar-refractivity contribution in [1.29, 1.82) is 0 Å². The average molecular weight is 293 g/mol. The summed E-state index contributed by atoms with van der Waals surface area (Å²) in [5.74, 6) is -1.96. The van der Waals surface area contributed by atoms with E-state index in [2.05, 4.69) is 0 Å². The highest BCUT2D eigenvalue weighted by molar-refractivity contribution is 6.12. The van der Waals surface area contributed by atoms with Crippen LogP contribution in [0.3, 0.4) is 0 Å². The number of carbonyl (C=O) groups excluding carboxylic acids is 1. The molecule has 0 amide bonds. The first-order chi connectivity index (χ1) is 9.97. The van der Waals surface area contributed by atoms with E-state index in [0.29, 0.717) is 11.5 Å². The number of methoxy groups -OCH3 is 2. The van der Waals surface area contributed by atoms with Gasteiger partial charge in [-0.15, -0.1) is 0 Å². The van der Waals surface area contributed by atoms with Gasteiger partial charge < -0.3 is 15.2 Å². The van der Waals surface area contributed by atoms with Gasteiger partial charge in [0.05, 0.1) is 14.2 Å². The molecule has 0 saturated heterocycles. The zero-order valence-electron chi connectivity index (χ0n) is 11.4. The Morgan fingerprint density at radius 2 is 1.62 bits per heavy atom. The molecule has 0 radical (unpaired) electrons. The highest BCUT2D eigenvalue weighted by Crippen LogP contribution is 2.33. The molecular formula is C15H13F2NO3. The summed E-state index contributed by atoms with van der Waals surface area (Å²) in [5, 5.41) is 0. The van der Waals surface area contributed by atoms with Crippen molar-refractivity contribution < 1.29 is 23.0 Å². The molecule has 21 heavy (non-hydrogen) atoms. The number of carbonyl (C=O) groups is 1. The molecule has 2 rings (SSSR count). The van der Waals surface area contributed by atoms with Crippen LogP contribution in [0.5, 0.6) is 11.5 Å². The first kappa shape index (κ1) is 14.8. The SMILES string of the molecule is COc1cc(N)c(C(=O)c2ccc(F)c(F)c2)cc1OC. The van der Waals surface area contributed by atoms with E-state index in [0.717, 1.165) is 12.1 Å². The van der Waals surface area contributed by atoms with Crippen molar-refractivity contribution in [1.82, 2.24) is 0 Å². The van der Waals surface area contributed by atoms with E-state index in [1.165, 1.54) is 32.4 Å². The standard InChI is InChI=1S/C15H13F2NO3/c1-20-13-6-9(12(18)7-14(13)21-2)15(19)8-3-4-10(16)11(17)5-8/h3-7H,18H2,1-2H3. The number of benzene rings is 2. The maximum atomic E-state index is 13.2. The third-order valence-electron chi connectivity index (χ3n) is 2.98. The van der Waals surface area contributed by atoms with E-state index in [9.17, 15) is 13.6 Å². The molecule has 0 spiro atoms. The molecule has 0 aliphatic rings. The average Bonchev–Trinajstić information content (AvgIpc) is 2.49. The van der Waals surface area contributed by atoms with E-state index in [4.69, 9.17) is 15.2 Å². The van der Waals surface area contributed by atoms with Crippen LogP contribution in [0.4, 0.5) is 14.5 Å². The Morgan fingerprint density at radius 1 is 1.00 bits per heavy atom. The van der Waals surface area contributed by atoms with Gasteiger partial charge in [-0.25, -0.2) is 8.78 Å². The second kappa shape index (κ2) is 5.78. The minimum atomic E-state index is -1.10. The predicted molar refractivity (Wildman–Crippen MR) is 73.7 cm³/mol. The van der Waals surface area contributed by atoms with Gasteiger partial charge in [0.15, 0.2) is 28.9 Å². The van der Waals surface area contributed by atoms with Gasteiger partial charge in [0.25, 0.3) is 0 Å². The summed E-state index contributed by atoms with van der Waals surface area (Å²) in [7, 11) is 2.86. The Hall–Kier alpha value is -2.63. The van der Waals surface area contributed by atoms with E-state index >= 15 is 0 Å². The molecule has 0 saturated carbocycles. The molecule has 0 heterocycles. The Labute approximate surface area is 120 Å². The minimum absolute atomic E-state index is 0.00665. The first-order valence-electron chi connectivity index (χ1n) is 5.99. The van der Waals surface area contributed by atoms with Crippen molar-refractivity contribution >= 4 is 11.5 Å². The maximum Gasteiger partial charge on any atom is 0.195 e. The van der Waals surface area contributed by atoms with Gasteiger partial charge in [0.1, 0.15) is 0 Å². The topological polar surface area (TPSA) is 61.5 Å². The van der Waals surface area contributed by atoms with Gasteiger partial charge in [-0.1, -0.05) is 0 Å². The van der Waals surface area contributed by atoms with Crippen LogP contribution in [0, 0.1) is 11.6 Å². The highest BCUT2D eigenvalue weighted by atomic mass is 19.2. The molecule has 0 fully saturated rings. The van der Waals surface area contributed by atoms with Crippen molar-refractivity contribution in [2.75, 3.05) is 20.0 Å². The molecule has 0 aromatic heterocycles. The molecule has 0 aliphatic heterocycles. The molecule has 0 bridgehead atoms. The fourth-order valence-electron chi connectivity index (χ4n) is 1.88. The van der Waals surface area contributed by atoms with Crippen LogP contribution in [0.1, 0.15) is 15.9 Å². The summed E-state index contributed by atoms with van der Waals surface area (Å²) in [6, 6.07) is 5.74. The van der Waals surface area contributed by atoms with Gasteiger partial charge >= 0.3 is 0 Å². The molecule has 2 N–H and O–H groups in total. The maximum absolute atomic E-state index is 13.2. The lowest BCUT2D eigenvalue weighted by Gasteiger charge is -2.12. The van der Waals surface area contributed by atoms with Crippen LogP contribution in [0.2, 0.25) is 0 Å². The minimum Gasteiger partial charge on any atom is -0.493 e. The number of anilines is 1. The van der Waals surface area contributed by atoms with Crippen molar-refractivity contribution in [3.8, 4) is 11.5 Å². The molecule has 2 aromatic carbocycles. The van der Waals surface area contributed by atoms with E-state index < -0.39 is 17.4 Å². The van der Waals surface area contributed by atoms with Crippen LogP contribution in [-0.4, -0.2) is 20.0 Å². The molecule has 110 valence electrons. The summed E-state index contributed by atoms with van der Waals surface area (Å²) < 4.78 is 36.3. The van der Waals surface area contributed by atoms with E-state index in [-0.39, 0.29) is 16.8 Å². The third kappa shape index (κ3) is 2.79. The van der Waals surface area contributed by atoms with Crippen LogP contribution < -0.4 is 15.2 Å². The number of ether oxygens (including phenoxy) is 2. The number of rotatable bonds is 4. The van der Waals surface area contributed by atoms with Gasteiger partial charge in [-0.05, 0) is 24.3 Å². The normalized spacial score (nSPS) is 10.3. The number of hydrogen-bond acceptors (Lipinski definition) is 4. The van der Waals surface area contributed by atoms with Crippen molar-refractivity contribution in [3.63, 3.8) is 0 Å². The van der Waals surface area contributed by atoms with E-state index in [1.54, 1.807) is 0 Å². The Kier molecular flexibility index (Phi) is 4.07.